The molecule has 3 nitrogen and oxygen atoms in total. The molecule has 0 saturated heterocycles. The van der Waals surface area contributed by atoms with Gasteiger partial charge in [0.25, 0.3) is 0 Å². The number of pyridine rings is 1. The van der Waals surface area contributed by atoms with Gasteiger partial charge in [-0.15, -0.1) is 0 Å². The normalized spacial score (nSPS) is 9.91. The minimum atomic E-state index is -0.0291. The molecule has 0 fully saturated rings. The summed E-state index contributed by atoms with van der Waals surface area (Å²) in [4.78, 5) is 13.3. The number of aromatic nitrogens is 1. The highest BCUT2D eigenvalue weighted by molar-refractivity contribution is 5.09. The monoisotopic (exact) mass is 152 g/mol. The van der Waals surface area contributed by atoms with Crippen molar-refractivity contribution in [1.29, 1.82) is 0 Å². The zero-order valence-corrected chi connectivity index (χ0v) is 6.55. The van der Waals surface area contributed by atoms with Crippen LogP contribution in [0.1, 0.15) is 5.56 Å². The van der Waals surface area contributed by atoms with Crippen molar-refractivity contribution in [1.82, 2.24) is 10.3 Å². The molecular weight excluding hydrogens is 140 g/mol. The van der Waals surface area contributed by atoms with E-state index in [0.717, 1.165) is 18.5 Å². The number of aromatic amines is 1. The molecule has 0 bridgehead atoms. The molecule has 3 heteroatoms. The molecule has 2 N–H and O–H groups in total. The van der Waals surface area contributed by atoms with Crippen LogP contribution < -0.4 is 10.9 Å². The van der Waals surface area contributed by atoms with Gasteiger partial charge < -0.3 is 10.3 Å². The van der Waals surface area contributed by atoms with E-state index in [4.69, 9.17) is 0 Å². The minimum absolute atomic E-state index is 0.0291. The van der Waals surface area contributed by atoms with E-state index in [9.17, 15) is 4.79 Å². The molecule has 0 aliphatic carbocycles. The quantitative estimate of drug-likeness (QED) is 0.647. The lowest BCUT2D eigenvalue weighted by molar-refractivity contribution is 0.790. The summed E-state index contributed by atoms with van der Waals surface area (Å²) in [6, 6.07) is 3.54. The van der Waals surface area contributed by atoms with Crippen LogP contribution >= 0.6 is 0 Å². The lowest BCUT2D eigenvalue weighted by Crippen LogP contribution is -2.12. The molecule has 0 aliphatic heterocycles. The molecule has 1 heterocycles. The summed E-state index contributed by atoms with van der Waals surface area (Å²) in [6.45, 7) is 0.906. The second kappa shape index (κ2) is 3.93. The molecule has 1 aromatic rings. The van der Waals surface area contributed by atoms with Crippen molar-refractivity contribution in [2.45, 2.75) is 6.42 Å². The lowest BCUT2D eigenvalue weighted by atomic mass is 10.2. The van der Waals surface area contributed by atoms with Crippen LogP contribution in [-0.2, 0) is 6.42 Å². The van der Waals surface area contributed by atoms with Gasteiger partial charge in [-0.25, -0.2) is 0 Å². The van der Waals surface area contributed by atoms with E-state index in [1.54, 1.807) is 12.3 Å². The van der Waals surface area contributed by atoms with Gasteiger partial charge in [0.05, 0.1) is 0 Å². The van der Waals surface area contributed by atoms with Crippen molar-refractivity contribution >= 4 is 0 Å². The average molecular weight is 152 g/mol. The zero-order chi connectivity index (χ0) is 8.10. The fraction of sp³-hybridized carbons (Fsp3) is 0.375. The first-order chi connectivity index (χ1) is 5.33. The predicted molar refractivity (Wildman–Crippen MR) is 44.7 cm³/mol. The van der Waals surface area contributed by atoms with Gasteiger partial charge in [0.1, 0.15) is 0 Å². The van der Waals surface area contributed by atoms with Crippen molar-refractivity contribution in [3.63, 3.8) is 0 Å². The van der Waals surface area contributed by atoms with Gasteiger partial charge in [-0.3, -0.25) is 4.79 Å². The Labute approximate surface area is 65.5 Å². The Kier molecular flexibility index (Phi) is 2.86. The van der Waals surface area contributed by atoms with E-state index in [-0.39, 0.29) is 5.56 Å². The number of rotatable bonds is 3. The molecule has 11 heavy (non-hydrogen) atoms. The Balaban J connectivity index is 2.64. The maximum Gasteiger partial charge on any atom is 0.248 e. The largest absolute Gasteiger partial charge is 0.329 e. The fourth-order valence-corrected chi connectivity index (χ4v) is 0.914. The third kappa shape index (κ3) is 2.55. The van der Waals surface area contributed by atoms with E-state index in [1.165, 1.54) is 0 Å². The Hall–Kier alpha value is -1.09. The van der Waals surface area contributed by atoms with Crippen molar-refractivity contribution in [2.24, 2.45) is 0 Å². The van der Waals surface area contributed by atoms with E-state index in [1.807, 2.05) is 13.1 Å². The minimum Gasteiger partial charge on any atom is -0.329 e. The molecule has 1 rings (SSSR count). The third-order valence-electron chi connectivity index (χ3n) is 1.50. The Morgan fingerprint density at radius 2 is 2.45 bits per heavy atom. The van der Waals surface area contributed by atoms with Gasteiger partial charge >= 0.3 is 0 Å². The van der Waals surface area contributed by atoms with Gasteiger partial charge in [-0.05, 0) is 31.6 Å². The summed E-state index contributed by atoms with van der Waals surface area (Å²) in [5.41, 5.74) is 1.04. The molecule has 0 aliphatic rings. The molecule has 0 unspecified atom stereocenters. The van der Waals surface area contributed by atoms with Crippen LogP contribution in [-0.4, -0.2) is 18.6 Å². The maximum atomic E-state index is 10.8. The standard InChI is InChI=1S/C8H12N2O/c1-9-4-2-7-3-5-10-8(11)6-7/h3,5-6,9H,2,4H2,1H3,(H,10,11). The first-order valence-corrected chi connectivity index (χ1v) is 3.65. The highest BCUT2D eigenvalue weighted by atomic mass is 16.1. The molecule has 0 spiro atoms. The van der Waals surface area contributed by atoms with E-state index in [0.29, 0.717) is 0 Å². The number of H-pyrrole nitrogens is 1. The van der Waals surface area contributed by atoms with E-state index < -0.39 is 0 Å². The predicted octanol–water partition coefficient (Wildman–Crippen LogP) is 0.137. The Morgan fingerprint density at radius 1 is 1.64 bits per heavy atom. The molecule has 1 aromatic heterocycles. The number of likely N-dealkylation sites (N-methyl/N-ethyl adjacent to an activating group) is 1. The van der Waals surface area contributed by atoms with Gasteiger partial charge in [0.2, 0.25) is 5.56 Å². The SMILES string of the molecule is CNCCc1cc[nH]c(=O)c1. The Morgan fingerprint density at radius 3 is 3.09 bits per heavy atom. The van der Waals surface area contributed by atoms with E-state index >= 15 is 0 Å². The van der Waals surface area contributed by atoms with Crippen molar-refractivity contribution in [3.05, 3.63) is 34.2 Å². The smallest absolute Gasteiger partial charge is 0.248 e. The molecule has 0 atom stereocenters. The summed E-state index contributed by atoms with van der Waals surface area (Å²) in [5, 5.41) is 3.02. The van der Waals surface area contributed by atoms with Gasteiger partial charge in [-0.1, -0.05) is 0 Å². The maximum absolute atomic E-state index is 10.8. The molecular formula is C8H12N2O. The summed E-state index contributed by atoms with van der Waals surface area (Å²) < 4.78 is 0. The Bertz CT molecular complexity index is 267. The second-order valence-electron chi connectivity index (χ2n) is 2.41. The van der Waals surface area contributed by atoms with E-state index in [2.05, 4.69) is 10.3 Å². The lowest BCUT2D eigenvalue weighted by Gasteiger charge is -1.97. The van der Waals surface area contributed by atoms with Crippen molar-refractivity contribution in [3.8, 4) is 0 Å². The van der Waals surface area contributed by atoms with Crippen LogP contribution in [0.3, 0.4) is 0 Å². The summed E-state index contributed by atoms with van der Waals surface area (Å²) in [5.74, 6) is 0. The first kappa shape index (κ1) is 8.01. The highest BCUT2D eigenvalue weighted by Gasteiger charge is 1.90. The van der Waals surface area contributed by atoms with Crippen LogP contribution in [0.5, 0.6) is 0 Å². The topological polar surface area (TPSA) is 44.9 Å². The molecule has 0 amide bonds. The molecule has 0 radical (unpaired) electrons. The number of hydrogen-bond acceptors (Lipinski definition) is 2. The third-order valence-corrected chi connectivity index (χ3v) is 1.50. The summed E-state index contributed by atoms with van der Waals surface area (Å²) in [6.07, 6.45) is 2.58. The average Bonchev–Trinajstić information content (AvgIpc) is 2.01. The summed E-state index contributed by atoms with van der Waals surface area (Å²) in [7, 11) is 1.90. The fourth-order valence-electron chi connectivity index (χ4n) is 0.914. The van der Waals surface area contributed by atoms with Crippen LogP contribution in [0, 0.1) is 0 Å². The van der Waals surface area contributed by atoms with Crippen LogP contribution in [0.4, 0.5) is 0 Å². The van der Waals surface area contributed by atoms with Gasteiger partial charge in [0, 0.05) is 12.3 Å². The van der Waals surface area contributed by atoms with Crippen LogP contribution in [0.2, 0.25) is 0 Å². The van der Waals surface area contributed by atoms with Gasteiger partial charge in [-0.2, -0.15) is 0 Å². The summed E-state index contributed by atoms with van der Waals surface area (Å²) >= 11 is 0. The van der Waals surface area contributed by atoms with Crippen molar-refractivity contribution in [2.75, 3.05) is 13.6 Å². The highest BCUT2D eigenvalue weighted by Crippen LogP contribution is 1.92. The number of nitrogens with one attached hydrogen (secondary N) is 2. The second-order valence-corrected chi connectivity index (χ2v) is 2.41. The molecule has 0 saturated carbocycles. The van der Waals surface area contributed by atoms with Gasteiger partial charge in [0.15, 0.2) is 0 Å². The molecule has 60 valence electrons. The number of hydrogen-bond donors (Lipinski definition) is 2. The van der Waals surface area contributed by atoms with Crippen molar-refractivity contribution < 1.29 is 0 Å². The van der Waals surface area contributed by atoms with Crippen LogP contribution in [0.25, 0.3) is 0 Å². The first-order valence-electron chi connectivity index (χ1n) is 3.65. The zero-order valence-electron chi connectivity index (χ0n) is 6.55. The van der Waals surface area contributed by atoms with Crippen LogP contribution in [0.15, 0.2) is 23.1 Å². The molecule has 0 aromatic carbocycles.